The molecule has 10 heteroatoms. The summed E-state index contributed by atoms with van der Waals surface area (Å²) >= 11 is 6.11. The lowest BCUT2D eigenvalue weighted by Gasteiger charge is -2.34. The standard InChI is InChI=1S/C26H31ClN6O3/c1-17-6-4-5-14-33(17)15-13-29-24(35)22-26(25(28)36,31-16-30-22)18-9-11-19(12-10-18)32-23(34)20-7-2-3-8-21(20)27/h2-3,7-12,16-17,22H,4-6,13-15H2,1H3,(H2,28,36)(H,29,35)(H,30,31)(H,32,34). The Hall–Kier alpha value is -3.43. The first kappa shape index (κ1) is 25.7. The van der Waals surface area contributed by atoms with Crippen molar-refractivity contribution in [3.05, 3.63) is 64.7 Å². The third-order valence-corrected chi connectivity index (χ3v) is 7.25. The van der Waals surface area contributed by atoms with Gasteiger partial charge in [-0.05, 0) is 56.1 Å². The van der Waals surface area contributed by atoms with Crippen LogP contribution in [0.5, 0.6) is 0 Å². The minimum Gasteiger partial charge on any atom is -0.367 e. The predicted molar refractivity (Wildman–Crippen MR) is 140 cm³/mol. The summed E-state index contributed by atoms with van der Waals surface area (Å²) in [6, 6.07) is 12.7. The van der Waals surface area contributed by atoms with Gasteiger partial charge in [-0.2, -0.15) is 0 Å². The summed E-state index contributed by atoms with van der Waals surface area (Å²) in [6.45, 7) is 4.41. The van der Waals surface area contributed by atoms with Gasteiger partial charge in [0.1, 0.15) is 0 Å². The summed E-state index contributed by atoms with van der Waals surface area (Å²) in [7, 11) is 0. The lowest BCUT2D eigenvalue weighted by molar-refractivity contribution is -0.131. The van der Waals surface area contributed by atoms with Crippen LogP contribution in [0.2, 0.25) is 5.02 Å². The molecule has 2 aromatic rings. The van der Waals surface area contributed by atoms with E-state index >= 15 is 0 Å². The molecule has 1 fully saturated rings. The van der Waals surface area contributed by atoms with Gasteiger partial charge in [-0.1, -0.05) is 42.3 Å². The van der Waals surface area contributed by atoms with Gasteiger partial charge < -0.3 is 21.7 Å². The molecule has 5 N–H and O–H groups in total. The summed E-state index contributed by atoms with van der Waals surface area (Å²) < 4.78 is 0. The molecule has 190 valence electrons. The van der Waals surface area contributed by atoms with E-state index < -0.39 is 17.5 Å². The third kappa shape index (κ3) is 5.22. The number of hydrogen-bond donors (Lipinski definition) is 4. The van der Waals surface area contributed by atoms with E-state index in [0.29, 0.717) is 34.4 Å². The van der Waals surface area contributed by atoms with Crippen LogP contribution >= 0.6 is 11.6 Å². The number of nitrogens with zero attached hydrogens (tertiary/aromatic N) is 2. The largest absolute Gasteiger partial charge is 0.367 e. The van der Waals surface area contributed by atoms with Crippen molar-refractivity contribution in [2.75, 3.05) is 25.0 Å². The lowest BCUT2D eigenvalue weighted by atomic mass is 9.82. The maximum atomic E-state index is 13.1. The zero-order chi connectivity index (χ0) is 25.7. The SMILES string of the molecule is CC1CCCCN1CCNC(=O)C1N=CNC1(C(N)=O)c1ccc(NC(=O)c2ccccc2Cl)cc1. The zero-order valence-electron chi connectivity index (χ0n) is 20.2. The van der Waals surface area contributed by atoms with Crippen molar-refractivity contribution in [1.29, 1.82) is 0 Å². The Kier molecular flexibility index (Phi) is 7.91. The highest BCUT2D eigenvalue weighted by molar-refractivity contribution is 6.34. The molecular weight excluding hydrogens is 480 g/mol. The molecule has 1 saturated heterocycles. The summed E-state index contributed by atoms with van der Waals surface area (Å²) in [5, 5.41) is 8.96. The van der Waals surface area contributed by atoms with Crippen LogP contribution in [0.1, 0.15) is 42.1 Å². The van der Waals surface area contributed by atoms with Crippen molar-refractivity contribution in [2.24, 2.45) is 10.7 Å². The number of likely N-dealkylation sites (tertiary alicyclic amines) is 1. The predicted octanol–water partition coefficient (Wildman–Crippen LogP) is 2.26. The van der Waals surface area contributed by atoms with E-state index in [1.54, 1.807) is 48.5 Å². The van der Waals surface area contributed by atoms with Gasteiger partial charge in [-0.25, -0.2) is 0 Å². The summed E-state index contributed by atoms with van der Waals surface area (Å²) in [4.78, 5) is 45.0. The number of amides is 3. The van der Waals surface area contributed by atoms with Crippen LogP contribution in [-0.2, 0) is 15.1 Å². The van der Waals surface area contributed by atoms with E-state index in [1.807, 2.05) is 0 Å². The van der Waals surface area contributed by atoms with Gasteiger partial charge in [0.15, 0.2) is 11.6 Å². The van der Waals surface area contributed by atoms with Crippen LogP contribution in [-0.4, -0.2) is 60.7 Å². The van der Waals surface area contributed by atoms with Crippen LogP contribution in [0, 0.1) is 0 Å². The Balaban J connectivity index is 1.45. The molecule has 0 spiro atoms. The van der Waals surface area contributed by atoms with Crippen LogP contribution in [0.15, 0.2) is 53.5 Å². The van der Waals surface area contributed by atoms with Crippen molar-refractivity contribution in [1.82, 2.24) is 15.5 Å². The average molecular weight is 511 g/mol. The number of halogens is 1. The van der Waals surface area contributed by atoms with E-state index in [1.165, 1.54) is 12.8 Å². The molecule has 2 aromatic carbocycles. The van der Waals surface area contributed by atoms with E-state index in [2.05, 4.69) is 32.8 Å². The highest BCUT2D eigenvalue weighted by Crippen LogP contribution is 2.31. The topological polar surface area (TPSA) is 129 Å². The van der Waals surface area contributed by atoms with Gasteiger partial charge in [0.25, 0.3) is 11.8 Å². The highest BCUT2D eigenvalue weighted by Gasteiger charge is 2.52. The summed E-state index contributed by atoms with van der Waals surface area (Å²) in [5.74, 6) is -1.46. The van der Waals surface area contributed by atoms with Crippen molar-refractivity contribution in [3.8, 4) is 0 Å². The minimum absolute atomic E-state index is 0.343. The number of rotatable bonds is 8. The molecule has 2 aliphatic heterocycles. The number of nitrogens with two attached hydrogens (primary N) is 1. The number of primary amides is 1. The molecule has 36 heavy (non-hydrogen) atoms. The van der Waals surface area contributed by atoms with Gasteiger partial charge in [0, 0.05) is 24.8 Å². The first-order valence-electron chi connectivity index (χ1n) is 12.1. The quantitative estimate of drug-likeness (QED) is 0.433. The normalized spacial score (nSPS) is 23.6. The van der Waals surface area contributed by atoms with Crippen LogP contribution in [0.25, 0.3) is 0 Å². The summed E-state index contributed by atoms with van der Waals surface area (Å²) in [5.41, 5.74) is 5.59. The molecule has 2 aliphatic rings. The molecule has 4 rings (SSSR count). The molecule has 0 aromatic heterocycles. The van der Waals surface area contributed by atoms with Crippen molar-refractivity contribution in [2.45, 2.75) is 43.8 Å². The van der Waals surface area contributed by atoms with Crippen molar-refractivity contribution >= 4 is 41.3 Å². The number of carbonyl (C=O) groups is 3. The smallest absolute Gasteiger partial charge is 0.257 e. The lowest BCUT2D eigenvalue weighted by Crippen LogP contribution is -2.60. The second-order valence-corrected chi connectivity index (χ2v) is 9.59. The third-order valence-electron chi connectivity index (χ3n) is 6.92. The van der Waals surface area contributed by atoms with Gasteiger partial charge in [-0.15, -0.1) is 0 Å². The van der Waals surface area contributed by atoms with Gasteiger partial charge in [0.2, 0.25) is 5.91 Å². The second-order valence-electron chi connectivity index (χ2n) is 9.18. The van der Waals surface area contributed by atoms with E-state index in [0.717, 1.165) is 25.9 Å². The van der Waals surface area contributed by atoms with Crippen molar-refractivity contribution in [3.63, 3.8) is 0 Å². The number of piperidine rings is 1. The Morgan fingerprint density at radius 1 is 1.17 bits per heavy atom. The number of nitrogens with one attached hydrogen (secondary N) is 3. The average Bonchev–Trinajstić information content (AvgIpc) is 3.32. The number of benzene rings is 2. The number of hydrogen-bond acceptors (Lipinski definition) is 6. The Morgan fingerprint density at radius 3 is 2.61 bits per heavy atom. The maximum Gasteiger partial charge on any atom is 0.257 e. The molecular formula is C26H31ClN6O3. The van der Waals surface area contributed by atoms with Crippen molar-refractivity contribution < 1.29 is 14.4 Å². The minimum atomic E-state index is -1.53. The molecule has 2 heterocycles. The molecule has 3 atom stereocenters. The van der Waals surface area contributed by atoms with Gasteiger partial charge >= 0.3 is 0 Å². The first-order valence-corrected chi connectivity index (χ1v) is 12.5. The van der Waals surface area contributed by atoms with Crippen LogP contribution in [0.4, 0.5) is 5.69 Å². The number of carbonyl (C=O) groups excluding carboxylic acids is 3. The Morgan fingerprint density at radius 2 is 1.92 bits per heavy atom. The molecule has 3 amide bonds. The van der Waals surface area contributed by atoms with Crippen LogP contribution < -0.4 is 21.7 Å². The Bertz CT molecular complexity index is 1150. The molecule has 3 unspecified atom stereocenters. The van der Waals surface area contributed by atoms with Gasteiger partial charge in [0.05, 0.1) is 16.9 Å². The highest BCUT2D eigenvalue weighted by atomic mass is 35.5. The monoisotopic (exact) mass is 510 g/mol. The van der Waals surface area contributed by atoms with Crippen LogP contribution in [0.3, 0.4) is 0 Å². The molecule has 0 bridgehead atoms. The Labute approximate surface area is 215 Å². The first-order chi connectivity index (χ1) is 17.3. The summed E-state index contributed by atoms with van der Waals surface area (Å²) in [6.07, 6.45) is 4.89. The maximum absolute atomic E-state index is 13.1. The molecule has 9 nitrogen and oxygen atoms in total. The second kappa shape index (κ2) is 11.1. The fourth-order valence-electron chi connectivity index (χ4n) is 4.83. The number of anilines is 1. The molecule has 0 radical (unpaired) electrons. The molecule has 0 aliphatic carbocycles. The fourth-order valence-corrected chi connectivity index (χ4v) is 5.05. The van der Waals surface area contributed by atoms with Gasteiger partial charge in [-0.3, -0.25) is 24.3 Å². The van der Waals surface area contributed by atoms with E-state index in [4.69, 9.17) is 17.3 Å². The fraction of sp³-hybridized carbons (Fsp3) is 0.385. The van der Waals surface area contributed by atoms with E-state index in [9.17, 15) is 14.4 Å². The number of aliphatic imine (C=N–C) groups is 1. The molecule has 0 saturated carbocycles. The zero-order valence-corrected chi connectivity index (χ0v) is 20.9. The van der Waals surface area contributed by atoms with E-state index in [-0.39, 0.29) is 11.8 Å².